The zero-order valence-electron chi connectivity index (χ0n) is 16.3. The number of carbonyl (C=O) groups is 1. The summed E-state index contributed by atoms with van der Waals surface area (Å²) in [6.07, 6.45) is 0. The molecular formula is C22H24ClN3O2. The fourth-order valence-electron chi connectivity index (χ4n) is 2.91. The van der Waals surface area contributed by atoms with Crippen molar-refractivity contribution in [1.29, 1.82) is 0 Å². The summed E-state index contributed by atoms with van der Waals surface area (Å²) in [6.45, 7) is 7.09. The normalized spacial score (nSPS) is 10.7. The van der Waals surface area contributed by atoms with Crippen LogP contribution in [0, 0.1) is 20.8 Å². The van der Waals surface area contributed by atoms with E-state index in [9.17, 15) is 4.79 Å². The lowest BCUT2D eigenvalue weighted by molar-refractivity contribution is 0.0946. The second-order valence-electron chi connectivity index (χ2n) is 6.76. The third-order valence-corrected chi connectivity index (χ3v) is 4.87. The second kappa shape index (κ2) is 8.93. The number of halogens is 1. The average Bonchev–Trinajstić information content (AvgIpc) is 2.95. The van der Waals surface area contributed by atoms with E-state index < -0.39 is 0 Å². The van der Waals surface area contributed by atoms with E-state index in [4.69, 9.17) is 16.3 Å². The first kappa shape index (κ1) is 20.0. The molecule has 0 aliphatic carbocycles. The van der Waals surface area contributed by atoms with Crippen molar-refractivity contribution < 1.29 is 9.53 Å². The van der Waals surface area contributed by atoms with Gasteiger partial charge in [0, 0.05) is 0 Å². The Labute approximate surface area is 170 Å². The third kappa shape index (κ3) is 4.73. The number of nitrogens with zero attached hydrogens (tertiary/aromatic N) is 2. The Balaban J connectivity index is 1.59. The Morgan fingerprint density at radius 1 is 1.11 bits per heavy atom. The molecule has 0 aliphatic heterocycles. The van der Waals surface area contributed by atoms with E-state index in [1.807, 2.05) is 62.4 Å². The van der Waals surface area contributed by atoms with Crippen LogP contribution < -0.4 is 10.1 Å². The largest absolute Gasteiger partial charge is 0.491 e. The van der Waals surface area contributed by atoms with Gasteiger partial charge in [0.1, 0.15) is 17.5 Å². The molecule has 3 aromatic rings. The number of aryl methyl sites for hydroxylation is 3. The molecule has 0 radical (unpaired) electrons. The Morgan fingerprint density at radius 3 is 2.54 bits per heavy atom. The molecule has 1 N–H and O–H groups in total. The molecule has 1 heterocycles. The van der Waals surface area contributed by atoms with Gasteiger partial charge in [-0.1, -0.05) is 59.6 Å². The maximum atomic E-state index is 12.6. The number of nitrogens with one attached hydrogen (secondary N) is 1. The van der Waals surface area contributed by atoms with E-state index in [1.54, 1.807) is 11.6 Å². The van der Waals surface area contributed by atoms with Crippen LogP contribution in [0.1, 0.15) is 32.7 Å². The fraction of sp³-hybridized carbons (Fsp3) is 0.273. The van der Waals surface area contributed by atoms with Gasteiger partial charge in [-0.15, -0.1) is 0 Å². The predicted molar refractivity (Wildman–Crippen MR) is 111 cm³/mol. The predicted octanol–water partition coefficient (Wildman–Crippen LogP) is 4.32. The molecule has 146 valence electrons. The SMILES string of the molecule is Cc1ccc(Cn2nc(C)c(C(=O)NCCOc3ccccc3C)c2Cl)cc1. The maximum Gasteiger partial charge on any atom is 0.256 e. The minimum absolute atomic E-state index is 0.244. The zero-order chi connectivity index (χ0) is 20.1. The van der Waals surface area contributed by atoms with Gasteiger partial charge in [-0.05, 0) is 38.0 Å². The summed E-state index contributed by atoms with van der Waals surface area (Å²) in [5, 5.41) is 7.63. The van der Waals surface area contributed by atoms with Crippen LogP contribution in [0.25, 0.3) is 0 Å². The van der Waals surface area contributed by atoms with E-state index in [2.05, 4.69) is 10.4 Å². The molecule has 5 nitrogen and oxygen atoms in total. The van der Waals surface area contributed by atoms with E-state index >= 15 is 0 Å². The first-order valence-electron chi connectivity index (χ1n) is 9.21. The van der Waals surface area contributed by atoms with Gasteiger partial charge in [-0.3, -0.25) is 4.79 Å². The highest BCUT2D eigenvalue weighted by Crippen LogP contribution is 2.21. The molecule has 2 aromatic carbocycles. The zero-order valence-corrected chi connectivity index (χ0v) is 17.1. The molecule has 28 heavy (non-hydrogen) atoms. The van der Waals surface area contributed by atoms with Crippen LogP contribution in [0.4, 0.5) is 0 Å². The monoisotopic (exact) mass is 397 g/mol. The molecule has 0 atom stereocenters. The number of benzene rings is 2. The number of para-hydroxylation sites is 1. The number of aromatic nitrogens is 2. The van der Waals surface area contributed by atoms with Crippen LogP contribution in [-0.4, -0.2) is 28.8 Å². The Bertz CT molecular complexity index is 964. The number of hydrogen-bond acceptors (Lipinski definition) is 3. The van der Waals surface area contributed by atoms with Crippen molar-refractivity contribution in [2.24, 2.45) is 0 Å². The minimum Gasteiger partial charge on any atom is -0.491 e. The summed E-state index contributed by atoms with van der Waals surface area (Å²) >= 11 is 6.44. The van der Waals surface area contributed by atoms with Gasteiger partial charge >= 0.3 is 0 Å². The molecule has 1 amide bonds. The van der Waals surface area contributed by atoms with Gasteiger partial charge in [-0.2, -0.15) is 5.10 Å². The van der Waals surface area contributed by atoms with E-state index in [0.29, 0.717) is 36.1 Å². The fourth-order valence-corrected chi connectivity index (χ4v) is 3.23. The molecule has 1 aromatic heterocycles. The van der Waals surface area contributed by atoms with Crippen LogP contribution in [0.15, 0.2) is 48.5 Å². The van der Waals surface area contributed by atoms with Gasteiger partial charge in [0.15, 0.2) is 0 Å². The molecule has 6 heteroatoms. The van der Waals surface area contributed by atoms with Gasteiger partial charge in [-0.25, -0.2) is 4.68 Å². The molecule has 0 saturated carbocycles. The van der Waals surface area contributed by atoms with Crippen molar-refractivity contribution in [3.05, 3.63) is 81.6 Å². The van der Waals surface area contributed by atoms with Crippen LogP contribution in [0.5, 0.6) is 5.75 Å². The highest BCUT2D eigenvalue weighted by Gasteiger charge is 2.20. The summed E-state index contributed by atoms with van der Waals surface area (Å²) in [6, 6.07) is 15.9. The quantitative estimate of drug-likeness (QED) is 0.604. The smallest absolute Gasteiger partial charge is 0.256 e. The minimum atomic E-state index is -0.244. The summed E-state index contributed by atoms with van der Waals surface area (Å²) < 4.78 is 7.36. The standard InChI is InChI=1S/C22H24ClN3O2/c1-15-8-10-18(11-9-15)14-26-21(23)20(17(3)25-26)22(27)24-12-13-28-19-7-5-4-6-16(19)2/h4-11H,12-14H2,1-3H3,(H,24,27). The van der Waals surface area contributed by atoms with Crippen molar-refractivity contribution in [2.45, 2.75) is 27.3 Å². The average molecular weight is 398 g/mol. The van der Waals surface area contributed by atoms with Crippen LogP contribution in [0.3, 0.4) is 0 Å². The molecule has 0 fully saturated rings. The Morgan fingerprint density at radius 2 is 1.82 bits per heavy atom. The number of rotatable bonds is 7. The molecule has 0 aliphatic rings. The van der Waals surface area contributed by atoms with Crippen LogP contribution in [-0.2, 0) is 6.54 Å². The van der Waals surface area contributed by atoms with Gasteiger partial charge in [0.05, 0.1) is 24.3 Å². The second-order valence-corrected chi connectivity index (χ2v) is 7.12. The highest BCUT2D eigenvalue weighted by atomic mass is 35.5. The topological polar surface area (TPSA) is 56.2 Å². The van der Waals surface area contributed by atoms with Gasteiger partial charge < -0.3 is 10.1 Å². The lowest BCUT2D eigenvalue weighted by Crippen LogP contribution is -2.28. The van der Waals surface area contributed by atoms with Crippen molar-refractivity contribution in [1.82, 2.24) is 15.1 Å². The van der Waals surface area contributed by atoms with Gasteiger partial charge in [0.25, 0.3) is 5.91 Å². The van der Waals surface area contributed by atoms with E-state index in [-0.39, 0.29) is 5.91 Å². The maximum absolute atomic E-state index is 12.6. The van der Waals surface area contributed by atoms with Crippen molar-refractivity contribution in [3.8, 4) is 5.75 Å². The summed E-state index contributed by atoms with van der Waals surface area (Å²) in [5.41, 5.74) is 4.34. The van der Waals surface area contributed by atoms with Crippen molar-refractivity contribution >= 4 is 17.5 Å². The van der Waals surface area contributed by atoms with E-state index in [0.717, 1.165) is 16.9 Å². The van der Waals surface area contributed by atoms with Crippen molar-refractivity contribution in [3.63, 3.8) is 0 Å². The Kier molecular flexibility index (Phi) is 6.37. The number of ether oxygens (including phenoxy) is 1. The van der Waals surface area contributed by atoms with Crippen molar-refractivity contribution in [2.75, 3.05) is 13.2 Å². The van der Waals surface area contributed by atoms with Crippen LogP contribution in [0.2, 0.25) is 5.15 Å². The molecular weight excluding hydrogens is 374 g/mol. The highest BCUT2D eigenvalue weighted by molar-refractivity contribution is 6.33. The lowest BCUT2D eigenvalue weighted by Gasteiger charge is -2.10. The molecule has 0 unspecified atom stereocenters. The number of amides is 1. The summed E-state index contributed by atoms with van der Waals surface area (Å²) in [7, 11) is 0. The summed E-state index contributed by atoms with van der Waals surface area (Å²) in [4.78, 5) is 12.6. The van der Waals surface area contributed by atoms with Gasteiger partial charge in [0.2, 0.25) is 0 Å². The van der Waals surface area contributed by atoms with Crippen LogP contribution >= 0.6 is 11.6 Å². The lowest BCUT2D eigenvalue weighted by atomic mass is 10.1. The molecule has 0 saturated heterocycles. The van der Waals surface area contributed by atoms with E-state index in [1.165, 1.54) is 5.56 Å². The molecule has 3 rings (SSSR count). The summed E-state index contributed by atoms with van der Waals surface area (Å²) in [5.74, 6) is 0.572. The first-order valence-corrected chi connectivity index (χ1v) is 9.58. The number of hydrogen-bond donors (Lipinski definition) is 1. The first-order chi connectivity index (χ1) is 13.5. The molecule has 0 bridgehead atoms. The number of carbonyl (C=O) groups excluding carboxylic acids is 1. The third-order valence-electron chi connectivity index (χ3n) is 4.48. The Hall–Kier alpha value is -2.79. The molecule has 0 spiro atoms.